The van der Waals surface area contributed by atoms with Gasteiger partial charge in [0.05, 0.1) is 18.8 Å². The van der Waals surface area contributed by atoms with E-state index >= 15 is 0 Å². The number of esters is 1. The first kappa shape index (κ1) is 13.5. The van der Waals surface area contributed by atoms with Crippen LogP contribution in [0.3, 0.4) is 0 Å². The zero-order valence-corrected chi connectivity index (χ0v) is 11.9. The molecule has 1 aromatic rings. The van der Waals surface area contributed by atoms with Gasteiger partial charge in [-0.1, -0.05) is 19.3 Å². The van der Waals surface area contributed by atoms with Crippen molar-refractivity contribution in [3.63, 3.8) is 0 Å². The van der Waals surface area contributed by atoms with Crippen LogP contribution in [-0.4, -0.2) is 40.1 Å². The van der Waals surface area contributed by atoms with E-state index in [1.165, 1.54) is 26.4 Å². The van der Waals surface area contributed by atoms with Gasteiger partial charge < -0.3 is 9.47 Å². The normalized spacial score (nSPS) is 25.6. The Labute approximate surface area is 118 Å². The Kier molecular flexibility index (Phi) is 3.74. The molecule has 3 rings (SSSR count). The number of ether oxygens (including phenoxy) is 2. The molecule has 0 bridgehead atoms. The quantitative estimate of drug-likeness (QED) is 0.776. The lowest BCUT2D eigenvalue weighted by Gasteiger charge is -2.43. The van der Waals surface area contributed by atoms with Gasteiger partial charge in [0.2, 0.25) is 0 Å². The van der Waals surface area contributed by atoms with Crippen LogP contribution in [0.2, 0.25) is 0 Å². The van der Waals surface area contributed by atoms with E-state index in [0.717, 1.165) is 32.3 Å². The minimum absolute atomic E-state index is 0.0263. The zero-order chi connectivity index (χ0) is 14.0. The first-order valence-electron chi connectivity index (χ1n) is 7.36. The SMILES string of the molecule is COC(=O)c1ncn(C2CCOC3(CCCCC3)C2)n1. The van der Waals surface area contributed by atoms with E-state index < -0.39 is 5.97 Å². The average molecular weight is 279 g/mol. The van der Waals surface area contributed by atoms with Crippen LogP contribution in [-0.2, 0) is 9.47 Å². The van der Waals surface area contributed by atoms with Crippen molar-refractivity contribution in [1.29, 1.82) is 0 Å². The smallest absolute Gasteiger partial charge is 0.377 e. The second-order valence-electron chi connectivity index (χ2n) is 5.78. The van der Waals surface area contributed by atoms with E-state index in [-0.39, 0.29) is 17.5 Å². The Balaban J connectivity index is 1.73. The van der Waals surface area contributed by atoms with Crippen LogP contribution < -0.4 is 0 Å². The second kappa shape index (κ2) is 5.52. The third-order valence-corrected chi connectivity index (χ3v) is 4.48. The van der Waals surface area contributed by atoms with Gasteiger partial charge in [-0.15, -0.1) is 5.10 Å². The number of rotatable bonds is 2. The lowest BCUT2D eigenvalue weighted by molar-refractivity contribution is -0.115. The van der Waals surface area contributed by atoms with Crippen molar-refractivity contribution < 1.29 is 14.3 Å². The molecule has 1 aromatic heterocycles. The fourth-order valence-corrected chi connectivity index (χ4v) is 3.41. The number of aromatic nitrogens is 3. The van der Waals surface area contributed by atoms with Crippen LogP contribution in [0.4, 0.5) is 0 Å². The molecule has 20 heavy (non-hydrogen) atoms. The molecule has 0 aromatic carbocycles. The summed E-state index contributed by atoms with van der Waals surface area (Å²) in [5.74, 6) is -0.347. The fourth-order valence-electron chi connectivity index (χ4n) is 3.41. The van der Waals surface area contributed by atoms with Crippen molar-refractivity contribution in [2.75, 3.05) is 13.7 Å². The molecule has 2 heterocycles. The van der Waals surface area contributed by atoms with Crippen LogP contribution in [0.15, 0.2) is 6.33 Å². The van der Waals surface area contributed by atoms with Gasteiger partial charge in [-0.3, -0.25) is 0 Å². The van der Waals surface area contributed by atoms with Gasteiger partial charge >= 0.3 is 5.97 Å². The van der Waals surface area contributed by atoms with E-state index in [9.17, 15) is 4.79 Å². The highest BCUT2D eigenvalue weighted by molar-refractivity contribution is 5.84. The predicted octanol–water partition coefficient (Wildman–Crippen LogP) is 2.12. The van der Waals surface area contributed by atoms with Gasteiger partial charge in [0.25, 0.3) is 5.82 Å². The average Bonchev–Trinajstić information content (AvgIpc) is 2.97. The summed E-state index contributed by atoms with van der Waals surface area (Å²) in [4.78, 5) is 15.5. The van der Waals surface area contributed by atoms with Crippen LogP contribution in [0.5, 0.6) is 0 Å². The van der Waals surface area contributed by atoms with E-state index in [1.54, 1.807) is 6.33 Å². The van der Waals surface area contributed by atoms with E-state index in [2.05, 4.69) is 14.8 Å². The van der Waals surface area contributed by atoms with Gasteiger partial charge in [-0.2, -0.15) is 0 Å². The van der Waals surface area contributed by atoms with Crippen LogP contribution in [0.25, 0.3) is 0 Å². The Morgan fingerprint density at radius 2 is 2.25 bits per heavy atom. The molecule has 6 heteroatoms. The Morgan fingerprint density at radius 1 is 1.45 bits per heavy atom. The van der Waals surface area contributed by atoms with Gasteiger partial charge in [0.1, 0.15) is 6.33 Å². The van der Waals surface area contributed by atoms with E-state index in [4.69, 9.17) is 4.74 Å². The van der Waals surface area contributed by atoms with Gasteiger partial charge in [-0.25, -0.2) is 14.5 Å². The first-order chi connectivity index (χ1) is 9.72. The molecule has 1 atom stereocenters. The second-order valence-corrected chi connectivity index (χ2v) is 5.78. The maximum Gasteiger partial charge on any atom is 0.377 e. The summed E-state index contributed by atoms with van der Waals surface area (Å²) in [6.07, 6.45) is 9.62. The minimum Gasteiger partial charge on any atom is -0.463 e. The molecule has 1 spiro atoms. The van der Waals surface area contributed by atoms with E-state index in [0.29, 0.717) is 0 Å². The molecular weight excluding hydrogens is 258 g/mol. The van der Waals surface area contributed by atoms with Gasteiger partial charge in [0, 0.05) is 6.61 Å². The lowest BCUT2D eigenvalue weighted by atomic mass is 9.78. The summed E-state index contributed by atoms with van der Waals surface area (Å²) < 4.78 is 12.5. The number of hydrogen-bond donors (Lipinski definition) is 0. The fraction of sp³-hybridized carbons (Fsp3) is 0.786. The molecule has 0 N–H and O–H groups in total. The highest BCUT2D eigenvalue weighted by Gasteiger charge is 2.39. The molecular formula is C14H21N3O3. The van der Waals surface area contributed by atoms with E-state index in [1.807, 2.05) is 4.68 Å². The van der Waals surface area contributed by atoms with Gasteiger partial charge in [0.15, 0.2) is 0 Å². The monoisotopic (exact) mass is 279 g/mol. The van der Waals surface area contributed by atoms with Crippen LogP contribution in [0, 0.1) is 0 Å². The zero-order valence-electron chi connectivity index (χ0n) is 11.9. The third kappa shape index (κ3) is 2.57. The summed E-state index contributed by atoms with van der Waals surface area (Å²) in [6.45, 7) is 0.762. The number of carbonyl (C=O) groups is 1. The standard InChI is InChI=1S/C14H21N3O3/c1-19-13(18)12-15-10-17(16-12)11-5-8-20-14(9-11)6-3-2-4-7-14/h10-11H,2-9H2,1H3. The highest BCUT2D eigenvalue weighted by Crippen LogP contribution is 2.41. The van der Waals surface area contributed by atoms with Crippen molar-refractivity contribution in [2.24, 2.45) is 0 Å². The summed E-state index contributed by atoms with van der Waals surface area (Å²) in [6, 6.07) is 0.271. The Hall–Kier alpha value is -1.43. The summed E-state index contributed by atoms with van der Waals surface area (Å²) in [5, 5.41) is 4.26. The number of hydrogen-bond acceptors (Lipinski definition) is 5. The van der Waals surface area contributed by atoms with Crippen molar-refractivity contribution in [2.45, 2.75) is 56.6 Å². The summed E-state index contributed by atoms with van der Waals surface area (Å²) >= 11 is 0. The van der Waals surface area contributed by atoms with Crippen LogP contribution in [0.1, 0.15) is 61.6 Å². The molecule has 0 amide bonds. The Bertz CT molecular complexity index is 474. The maximum atomic E-state index is 11.4. The molecule has 0 radical (unpaired) electrons. The van der Waals surface area contributed by atoms with Crippen molar-refractivity contribution >= 4 is 5.97 Å². The van der Waals surface area contributed by atoms with Crippen LogP contribution >= 0.6 is 0 Å². The molecule has 2 aliphatic rings. The summed E-state index contributed by atoms with van der Waals surface area (Å²) in [5.41, 5.74) is 0.0263. The van der Waals surface area contributed by atoms with Crippen molar-refractivity contribution in [3.8, 4) is 0 Å². The molecule has 2 fully saturated rings. The molecule has 1 unspecified atom stereocenters. The number of methoxy groups -OCH3 is 1. The van der Waals surface area contributed by atoms with Crippen molar-refractivity contribution in [3.05, 3.63) is 12.2 Å². The minimum atomic E-state index is -0.483. The highest BCUT2D eigenvalue weighted by atomic mass is 16.5. The van der Waals surface area contributed by atoms with Crippen molar-refractivity contribution in [1.82, 2.24) is 14.8 Å². The molecule has 1 aliphatic carbocycles. The molecule has 1 saturated carbocycles. The van der Waals surface area contributed by atoms with Gasteiger partial charge in [-0.05, 0) is 25.7 Å². The number of carbonyl (C=O) groups excluding carboxylic acids is 1. The molecule has 1 saturated heterocycles. The topological polar surface area (TPSA) is 66.2 Å². The summed E-state index contributed by atoms with van der Waals surface area (Å²) in [7, 11) is 1.34. The molecule has 1 aliphatic heterocycles. The molecule has 6 nitrogen and oxygen atoms in total. The largest absolute Gasteiger partial charge is 0.463 e. The lowest BCUT2D eigenvalue weighted by Crippen LogP contribution is -2.42. The number of nitrogens with zero attached hydrogens (tertiary/aromatic N) is 3. The first-order valence-corrected chi connectivity index (χ1v) is 7.36. The molecule has 110 valence electrons. The Morgan fingerprint density at radius 3 is 3.00 bits per heavy atom. The predicted molar refractivity (Wildman–Crippen MR) is 71.4 cm³/mol. The third-order valence-electron chi connectivity index (χ3n) is 4.48. The maximum absolute atomic E-state index is 11.4.